The van der Waals surface area contributed by atoms with Gasteiger partial charge in [0.15, 0.2) is 0 Å². The zero-order chi connectivity index (χ0) is 18.4. The van der Waals surface area contributed by atoms with E-state index < -0.39 is 5.97 Å². The molecule has 0 bridgehead atoms. The first kappa shape index (κ1) is 18.3. The molecule has 0 unspecified atom stereocenters. The van der Waals surface area contributed by atoms with E-state index in [0.29, 0.717) is 11.3 Å². The van der Waals surface area contributed by atoms with Crippen LogP contribution in [0.2, 0.25) is 0 Å². The van der Waals surface area contributed by atoms with Crippen LogP contribution in [0.15, 0.2) is 48.5 Å². The molecule has 0 aliphatic heterocycles. The number of hydrogen-bond donors (Lipinski definition) is 1. The summed E-state index contributed by atoms with van der Waals surface area (Å²) in [6, 6.07) is 12.9. The lowest BCUT2D eigenvalue weighted by atomic mass is 10.1. The van der Waals surface area contributed by atoms with Gasteiger partial charge in [-0.3, -0.25) is 4.79 Å². The monoisotopic (exact) mass is 338 g/mol. The lowest BCUT2D eigenvalue weighted by Crippen LogP contribution is -2.10. The maximum Gasteiger partial charge on any atom is 0.337 e. The predicted octanol–water partition coefficient (Wildman–Crippen LogP) is 3.50. The minimum Gasteiger partial charge on any atom is -0.465 e. The molecule has 0 fully saturated rings. The maximum atomic E-state index is 12.1. The second-order valence-electron chi connectivity index (χ2n) is 5.83. The van der Waals surface area contributed by atoms with E-state index in [1.807, 2.05) is 50.2 Å². The number of nitrogens with zero attached hydrogens (tertiary/aromatic N) is 1. The number of benzene rings is 2. The Kier molecular flexibility index (Phi) is 5.95. The quantitative estimate of drug-likeness (QED) is 0.670. The minimum absolute atomic E-state index is 0.262. The first-order chi connectivity index (χ1) is 11.9. The molecule has 2 aromatic carbocycles. The number of esters is 1. The van der Waals surface area contributed by atoms with E-state index in [2.05, 4.69) is 5.32 Å². The molecule has 0 atom stereocenters. The van der Waals surface area contributed by atoms with E-state index >= 15 is 0 Å². The number of anilines is 2. The molecule has 0 aliphatic carbocycles. The third-order valence-electron chi connectivity index (χ3n) is 3.75. The van der Waals surface area contributed by atoms with Crippen LogP contribution in [0.25, 0.3) is 6.08 Å². The number of aryl methyl sites for hydroxylation is 1. The Labute approximate surface area is 147 Å². The van der Waals surface area contributed by atoms with Gasteiger partial charge in [-0.2, -0.15) is 0 Å². The van der Waals surface area contributed by atoms with Gasteiger partial charge in [0.2, 0.25) is 5.91 Å². The van der Waals surface area contributed by atoms with Crippen LogP contribution < -0.4 is 10.2 Å². The summed E-state index contributed by atoms with van der Waals surface area (Å²) in [5.74, 6) is -0.700. The largest absolute Gasteiger partial charge is 0.465 e. The van der Waals surface area contributed by atoms with Crippen LogP contribution in [-0.4, -0.2) is 33.1 Å². The van der Waals surface area contributed by atoms with E-state index in [1.54, 1.807) is 24.3 Å². The SMILES string of the molecule is COC(=O)c1ccc(C)c(NC(=O)/C=C/c2ccc(N(C)C)cc2)c1. The van der Waals surface area contributed by atoms with Crippen molar-refractivity contribution in [2.45, 2.75) is 6.92 Å². The average Bonchev–Trinajstić information content (AvgIpc) is 2.61. The smallest absolute Gasteiger partial charge is 0.337 e. The summed E-state index contributed by atoms with van der Waals surface area (Å²) in [6.07, 6.45) is 3.21. The minimum atomic E-state index is -0.438. The summed E-state index contributed by atoms with van der Waals surface area (Å²) >= 11 is 0. The number of hydrogen-bond acceptors (Lipinski definition) is 4. The van der Waals surface area contributed by atoms with Crippen molar-refractivity contribution in [2.24, 2.45) is 0 Å². The van der Waals surface area contributed by atoms with E-state index in [4.69, 9.17) is 4.74 Å². The van der Waals surface area contributed by atoms with Crippen molar-refractivity contribution in [3.63, 3.8) is 0 Å². The molecule has 0 aromatic heterocycles. The topological polar surface area (TPSA) is 58.6 Å². The second-order valence-corrected chi connectivity index (χ2v) is 5.83. The van der Waals surface area contributed by atoms with Crippen LogP contribution in [0.4, 0.5) is 11.4 Å². The molecule has 1 N–H and O–H groups in total. The van der Waals surface area contributed by atoms with E-state index in [-0.39, 0.29) is 5.91 Å². The summed E-state index contributed by atoms with van der Waals surface area (Å²) in [6.45, 7) is 1.86. The van der Waals surface area contributed by atoms with E-state index in [1.165, 1.54) is 13.2 Å². The molecule has 2 rings (SSSR count). The molecule has 0 heterocycles. The van der Waals surface area contributed by atoms with Crippen LogP contribution in [-0.2, 0) is 9.53 Å². The summed E-state index contributed by atoms with van der Waals surface area (Å²) in [4.78, 5) is 25.7. The molecule has 0 aliphatic rings. The van der Waals surface area contributed by atoms with Gasteiger partial charge in [0.1, 0.15) is 0 Å². The molecule has 5 nitrogen and oxygen atoms in total. The van der Waals surface area contributed by atoms with Crippen molar-refractivity contribution in [3.8, 4) is 0 Å². The Morgan fingerprint density at radius 2 is 1.76 bits per heavy atom. The van der Waals surface area contributed by atoms with Gasteiger partial charge in [-0.15, -0.1) is 0 Å². The zero-order valence-electron chi connectivity index (χ0n) is 14.9. The van der Waals surface area contributed by atoms with Gasteiger partial charge in [-0.25, -0.2) is 4.79 Å². The Bertz CT molecular complexity index is 793. The Hall–Kier alpha value is -3.08. The highest BCUT2D eigenvalue weighted by Gasteiger charge is 2.09. The van der Waals surface area contributed by atoms with Crippen LogP contribution in [0.1, 0.15) is 21.5 Å². The van der Waals surface area contributed by atoms with Crippen molar-refractivity contribution in [3.05, 3.63) is 65.2 Å². The normalized spacial score (nSPS) is 10.6. The van der Waals surface area contributed by atoms with Gasteiger partial charge in [0.25, 0.3) is 0 Å². The number of rotatable bonds is 5. The Morgan fingerprint density at radius 1 is 1.08 bits per heavy atom. The summed E-state index contributed by atoms with van der Waals surface area (Å²) in [5.41, 5.74) is 3.87. The molecular formula is C20H22N2O3. The Morgan fingerprint density at radius 3 is 2.36 bits per heavy atom. The molecule has 130 valence electrons. The third kappa shape index (κ3) is 4.94. The summed E-state index contributed by atoms with van der Waals surface area (Å²) in [5, 5.41) is 2.79. The fraction of sp³-hybridized carbons (Fsp3) is 0.200. The highest BCUT2D eigenvalue weighted by atomic mass is 16.5. The average molecular weight is 338 g/mol. The Balaban J connectivity index is 2.08. The standard InChI is InChI=1S/C20H22N2O3/c1-14-5-9-16(20(24)25-4)13-18(14)21-19(23)12-8-15-6-10-17(11-7-15)22(2)3/h5-13H,1-4H3,(H,21,23)/b12-8+. The van der Waals surface area contributed by atoms with Crippen molar-refractivity contribution in [2.75, 3.05) is 31.4 Å². The van der Waals surface area contributed by atoms with Crippen molar-refractivity contribution >= 4 is 29.3 Å². The number of nitrogens with one attached hydrogen (secondary N) is 1. The predicted molar refractivity (Wildman–Crippen MR) is 101 cm³/mol. The third-order valence-corrected chi connectivity index (χ3v) is 3.75. The fourth-order valence-corrected chi connectivity index (χ4v) is 2.23. The van der Waals surface area contributed by atoms with E-state index in [9.17, 15) is 9.59 Å². The van der Waals surface area contributed by atoms with Crippen LogP contribution >= 0.6 is 0 Å². The zero-order valence-corrected chi connectivity index (χ0v) is 14.9. The first-order valence-electron chi connectivity index (χ1n) is 7.86. The molecule has 5 heteroatoms. The molecule has 25 heavy (non-hydrogen) atoms. The number of amides is 1. The van der Waals surface area contributed by atoms with Gasteiger partial charge in [-0.05, 0) is 48.4 Å². The number of carbonyl (C=O) groups excluding carboxylic acids is 2. The summed E-state index contributed by atoms with van der Waals surface area (Å²) < 4.78 is 4.70. The molecule has 0 saturated carbocycles. The van der Waals surface area contributed by atoms with Gasteiger partial charge in [0.05, 0.1) is 12.7 Å². The lowest BCUT2D eigenvalue weighted by Gasteiger charge is -2.11. The fourth-order valence-electron chi connectivity index (χ4n) is 2.23. The highest BCUT2D eigenvalue weighted by Crippen LogP contribution is 2.18. The van der Waals surface area contributed by atoms with Crippen LogP contribution in [0.5, 0.6) is 0 Å². The van der Waals surface area contributed by atoms with Gasteiger partial charge in [-0.1, -0.05) is 18.2 Å². The molecule has 0 radical (unpaired) electrons. The molecule has 1 amide bonds. The number of carbonyl (C=O) groups is 2. The second kappa shape index (κ2) is 8.15. The highest BCUT2D eigenvalue weighted by molar-refractivity contribution is 6.03. The van der Waals surface area contributed by atoms with E-state index in [0.717, 1.165) is 16.8 Å². The first-order valence-corrected chi connectivity index (χ1v) is 7.86. The van der Waals surface area contributed by atoms with Crippen molar-refractivity contribution < 1.29 is 14.3 Å². The van der Waals surface area contributed by atoms with Crippen LogP contribution in [0, 0.1) is 6.92 Å². The maximum absolute atomic E-state index is 12.1. The van der Waals surface area contributed by atoms with Crippen LogP contribution in [0.3, 0.4) is 0 Å². The number of methoxy groups -OCH3 is 1. The van der Waals surface area contributed by atoms with Gasteiger partial charge in [0, 0.05) is 31.5 Å². The van der Waals surface area contributed by atoms with Gasteiger partial charge >= 0.3 is 5.97 Å². The molecule has 0 saturated heterocycles. The van der Waals surface area contributed by atoms with Crippen molar-refractivity contribution in [1.82, 2.24) is 0 Å². The number of ether oxygens (including phenoxy) is 1. The molecule has 0 spiro atoms. The summed E-state index contributed by atoms with van der Waals surface area (Å²) in [7, 11) is 5.27. The lowest BCUT2D eigenvalue weighted by molar-refractivity contribution is -0.111. The molecular weight excluding hydrogens is 316 g/mol. The molecule has 2 aromatic rings. The van der Waals surface area contributed by atoms with Crippen molar-refractivity contribution in [1.29, 1.82) is 0 Å². The van der Waals surface area contributed by atoms with Gasteiger partial charge < -0.3 is 15.0 Å².